The number of ether oxygens (including phenoxy) is 1. The minimum absolute atomic E-state index is 0.112. The Kier molecular flexibility index (Phi) is 23.3. The molecule has 3 atom stereocenters. The van der Waals surface area contributed by atoms with Gasteiger partial charge >= 0.3 is 13.9 Å². The fourth-order valence-corrected chi connectivity index (χ4v) is 8.67. The molecule has 0 fully saturated rings. The number of carbonyl (C=O) groups excluding carboxylic acids is 3. The fraction of sp³-hybridized carbons (Fsp3) is 0.510. The molecule has 14 nitrogen and oxygen atoms in total. The van der Waals surface area contributed by atoms with E-state index in [2.05, 4.69) is 51.6 Å². The maximum absolute atomic E-state index is 14.0. The fourth-order valence-electron chi connectivity index (χ4n) is 7.62. The first-order valence-corrected chi connectivity index (χ1v) is 25.8. The Bertz CT molecular complexity index is 2270. The van der Waals surface area contributed by atoms with E-state index in [1.165, 1.54) is 25.7 Å². The molecular weight excluding hydrogens is 891 g/mol. The number of nitrogens with one attached hydrogen (secondary N) is 5. The Morgan fingerprint density at radius 2 is 1.33 bits per heavy atom. The molecule has 0 spiro atoms. The zero-order valence-electron chi connectivity index (χ0n) is 40.3. The number of unbranched alkanes of at least 4 members (excludes halogenated alkanes) is 9. The summed E-state index contributed by atoms with van der Waals surface area (Å²) in [5, 5.41) is 11.0. The number of H-pyrrole nitrogens is 2. The van der Waals surface area contributed by atoms with Crippen molar-refractivity contribution in [1.29, 1.82) is 0 Å². The van der Waals surface area contributed by atoms with Crippen molar-refractivity contribution in [2.24, 2.45) is 0 Å². The molecule has 3 amide bonds. The zero-order chi connectivity index (χ0) is 48.7. The van der Waals surface area contributed by atoms with Gasteiger partial charge in [0.1, 0.15) is 23.4 Å². The van der Waals surface area contributed by atoms with Crippen molar-refractivity contribution in [3.63, 3.8) is 0 Å². The summed E-state index contributed by atoms with van der Waals surface area (Å²) in [6.45, 7) is 16.0. The molecule has 67 heavy (non-hydrogen) atoms. The van der Waals surface area contributed by atoms with Crippen LogP contribution in [0.25, 0.3) is 21.8 Å². The van der Waals surface area contributed by atoms with Gasteiger partial charge in [0, 0.05) is 47.7 Å². The Hall–Kier alpha value is -4.85. The predicted molar refractivity (Wildman–Crippen MR) is 270 cm³/mol. The molecule has 0 bridgehead atoms. The molecule has 16 heteroatoms. The van der Waals surface area contributed by atoms with E-state index in [0.717, 1.165) is 90.9 Å². The van der Waals surface area contributed by atoms with Crippen molar-refractivity contribution in [3.05, 3.63) is 101 Å². The quantitative estimate of drug-likeness (QED) is 0.0220. The SMILES string of the molecule is CC(C)(C)OC(=O)N[C@@H](Cc1cc2ccccc2[nH]1)C(=O)N[C@H](Cc1c[nH]c2ccccc12)C(=O)NCCCCCCCCCCCCOP(=O)(O)Oc1ccccc1Cl.CCN(CC)CC. The highest BCUT2D eigenvalue weighted by atomic mass is 35.5. The van der Waals surface area contributed by atoms with Crippen molar-refractivity contribution in [1.82, 2.24) is 30.8 Å². The summed E-state index contributed by atoms with van der Waals surface area (Å²) in [4.78, 5) is 59.7. The molecule has 5 aromatic rings. The number of para-hydroxylation sites is 3. The second kappa shape index (κ2) is 28.5. The molecule has 0 saturated carbocycles. The van der Waals surface area contributed by atoms with Crippen LogP contribution in [0.1, 0.15) is 117 Å². The number of halogens is 1. The molecule has 0 radical (unpaired) electrons. The standard InChI is InChI=1S/C45H59ClN5O8P.C6H15N/c1-45(2,3)58-44(54)51-40(30-34-28-32-20-12-15-23-37(32)49-34)43(53)50-39(29-33-31-48-38-24-16-13-21-35(33)38)42(52)47-26-18-10-8-6-4-5-7-9-11-19-27-57-60(55,56)59-41-25-17-14-22-36(41)46;1-4-7(5-2)6-3/h12-17,20-25,28,31,39-40,48-49H,4-11,18-19,26-27,29-30H2,1-3H3,(H,47,52)(H,50,53)(H,51,54)(H,55,56);4-6H2,1-3H3/t39-,40+;/m1./s1. The van der Waals surface area contributed by atoms with E-state index < -0.39 is 37.5 Å². The highest BCUT2D eigenvalue weighted by molar-refractivity contribution is 7.47. The van der Waals surface area contributed by atoms with E-state index in [1.54, 1.807) is 39.0 Å². The van der Waals surface area contributed by atoms with E-state index in [1.807, 2.05) is 60.8 Å². The lowest BCUT2D eigenvalue weighted by Gasteiger charge is -2.25. The second-order valence-corrected chi connectivity index (χ2v) is 19.5. The van der Waals surface area contributed by atoms with Gasteiger partial charge in [-0.25, -0.2) is 9.36 Å². The summed E-state index contributed by atoms with van der Waals surface area (Å²) in [5.41, 5.74) is 2.72. The van der Waals surface area contributed by atoms with Gasteiger partial charge in [-0.05, 0) is 94.5 Å². The van der Waals surface area contributed by atoms with Crippen LogP contribution >= 0.6 is 19.4 Å². The molecule has 1 unspecified atom stereocenters. The third-order valence-electron chi connectivity index (χ3n) is 11.3. The third-order valence-corrected chi connectivity index (χ3v) is 12.5. The predicted octanol–water partition coefficient (Wildman–Crippen LogP) is 11.0. The topological polar surface area (TPSA) is 187 Å². The molecule has 368 valence electrons. The number of aromatic nitrogens is 2. The van der Waals surface area contributed by atoms with Gasteiger partial charge in [0.15, 0.2) is 0 Å². The summed E-state index contributed by atoms with van der Waals surface area (Å²) in [5.74, 6) is -0.681. The summed E-state index contributed by atoms with van der Waals surface area (Å²) in [6.07, 6.45) is 11.3. The van der Waals surface area contributed by atoms with Gasteiger partial charge in [-0.3, -0.25) is 19.0 Å². The smallest absolute Gasteiger partial charge is 0.444 e. The van der Waals surface area contributed by atoms with E-state index in [4.69, 9.17) is 25.4 Å². The van der Waals surface area contributed by atoms with Crippen molar-refractivity contribution in [2.45, 2.75) is 136 Å². The number of hydrogen-bond acceptors (Lipinski definition) is 8. The van der Waals surface area contributed by atoms with Crippen molar-refractivity contribution >= 4 is 59.1 Å². The zero-order valence-corrected chi connectivity index (χ0v) is 42.0. The van der Waals surface area contributed by atoms with E-state index >= 15 is 0 Å². The minimum Gasteiger partial charge on any atom is -0.444 e. The van der Waals surface area contributed by atoms with Crippen molar-refractivity contribution < 1.29 is 37.6 Å². The maximum atomic E-state index is 14.0. The van der Waals surface area contributed by atoms with Gasteiger partial charge in [0.05, 0.1) is 11.6 Å². The monoisotopic (exact) mass is 964 g/mol. The van der Waals surface area contributed by atoms with Gasteiger partial charge in [-0.2, -0.15) is 0 Å². The number of phosphoric ester groups is 1. The van der Waals surface area contributed by atoms with E-state index in [0.29, 0.717) is 13.0 Å². The summed E-state index contributed by atoms with van der Waals surface area (Å²) < 4.78 is 27.9. The molecule has 6 N–H and O–H groups in total. The Morgan fingerprint density at radius 1 is 0.746 bits per heavy atom. The highest BCUT2D eigenvalue weighted by Gasteiger charge is 2.30. The van der Waals surface area contributed by atoms with Crippen LogP contribution in [-0.2, 0) is 36.3 Å². The molecule has 0 aliphatic heterocycles. The molecule has 0 aliphatic carbocycles. The van der Waals surface area contributed by atoms with Crippen LogP contribution in [0.15, 0.2) is 85.1 Å². The third kappa shape index (κ3) is 20.1. The molecule has 3 aromatic carbocycles. The molecule has 5 rings (SSSR count). The normalized spacial score (nSPS) is 13.3. The van der Waals surface area contributed by atoms with Crippen LogP contribution in [0.4, 0.5) is 4.79 Å². The number of aromatic amines is 2. The van der Waals surface area contributed by atoms with E-state index in [9.17, 15) is 23.8 Å². The van der Waals surface area contributed by atoms with Crippen molar-refractivity contribution in [2.75, 3.05) is 32.8 Å². The number of rotatable bonds is 27. The average molecular weight is 966 g/mol. The van der Waals surface area contributed by atoms with Gasteiger partial charge in [-0.1, -0.05) is 132 Å². The van der Waals surface area contributed by atoms with Crippen LogP contribution in [0, 0.1) is 0 Å². The first-order valence-electron chi connectivity index (χ1n) is 23.9. The number of amides is 3. The molecular formula is C51H74ClN6O8P. The summed E-state index contributed by atoms with van der Waals surface area (Å²) in [7, 11) is -4.23. The number of nitrogens with zero attached hydrogens (tertiary/aromatic N) is 1. The van der Waals surface area contributed by atoms with Crippen LogP contribution in [0.5, 0.6) is 5.75 Å². The van der Waals surface area contributed by atoms with Crippen molar-refractivity contribution in [3.8, 4) is 5.75 Å². The van der Waals surface area contributed by atoms with Crippen LogP contribution < -0.4 is 20.5 Å². The van der Waals surface area contributed by atoms with Crippen LogP contribution in [-0.4, -0.2) is 88.1 Å². The number of alkyl carbamates (subject to hydrolysis) is 1. The van der Waals surface area contributed by atoms with Crippen LogP contribution in [0.2, 0.25) is 5.02 Å². The first-order chi connectivity index (χ1) is 32.1. The Morgan fingerprint density at radius 3 is 1.96 bits per heavy atom. The average Bonchev–Trinajstić information content (AvgIpc) is 3.90. The largest absolute Gasteiger partial charge is 0.527 e. The minimum atomic E-state index is -4.23. The van der Waals surface area contributed by atoms with E-state index in [-0.39, 0.29) is 36.1 Å². The number of carbonyl (C=O) groups is 3. The van der Waals surface area contributed by atoms with Crippen LogP contribution in [0.3, 0.4) is 0 Å². The summed E-state index contributed by atoms with van der Waals surface area (Å²) >= 11 is 5.99. The maximum Gasteiger partial charge on any atom is 0.527 e. The van der Waals surface area contributed by atoms with Gasteiger partial charge < -0.3 is 40.1 Å². The number of hydrogen-bond donors (Lipinski definition) is 6. The summed E-state index contributed by atoms with van der Waals surface area (Å²) in [6, 6.07) is 22.1. The molecule has 2 heterocycles. The molecule has 0 saturated heterocycles. The lowest BCUT2D eigenvalue weighted by molar-refractivity contribution is -0.130. The highest BCUT2D eigenvalue weighted by Crippen LogP contribution is 2.45. The Balaban J connectivity index is 0.00000129. The Labute approximate surface area is 402 Å². The lowest BCUT2D eigenvalue weighted by Crippen LogP contribution is -2.55. The lowest BCUT2D eigenvalue weighted by atomic mass is 10.0. The van der Waals surface area contributed by atoms with Gasteiger partial charge in [-0.15, -0.1) is 0 Å². The molecule has 0 aliphatic rings. The van der Waals surface area contributed by atoms with Gasteiger partial charge in [0.2, 0.25) is 11.8 Å². The number of phosphoric acid groups is 1. The first kappa shape index (κ1) is 54.8. The second-order valence-electron chi connectivity index (χ2n) is 17.7. The number of benzene rings is 3. The number of fused-ring (bicyclic) bond motifs is 2. The molecule has 2 aromatic heterocycles. The van der Waals surface area contributed by atoms with Gasteiger partial charge in [0.25, 0.3) is 0 Å².